The third-order valence-electron chi connectivity index (χ3n) is 3.00. The van der Waals surface area contributed by atoms with Crippen LogP contribution in [-0.2, 0) is 4.79 Å². The maximum Gasteiger partial charge on any atom is 0.256 e. The maximum absolute atomic E-state index is 12.0. The van der Waals surface area contributed by atoms with Gasteiger partial charge in [0.15, 0.2) is 4.67 Å². The molecule has 18 heavy (non-hydrogen) atoms. The zero-order valence-corrected chi connectivity index (χ0v) is 11.7. The molecule has 1 aliphatic rings. The van der Waals surface area contributed by atoms with E-state index in [2.05, 4.69) is 21.2 Å². The van der Waals surface area contributed by atoms with Gasteiger partial charge in [0.2, 0.25) is 5.91 Å². The van der Waals surface area contributed by atoms with Crippen LogP contribution in [0.5, 0.6) is 0 Å². The summed E-state index contributed by atoms with van der Waals surface area (Å²) in [5, 5.41) is 2.68. The molecule has 0 bridgehead atoms. The molecule has 2 heterocycles. The molecule has 6 heteroatoms. The average Bonchev–Trinajstić information content (AvgIpc) is 2.98. The lowest BCUT2D eigenvalue weighted by Gasteiger charge is -2.20. The van der Waals surface area contributed by atoms with Crippen molar-refractivity contribution in [2.45, 2.75) is 25.8 Å². The van der Waals surface area contributed by atoms with Gasteiger partial charge in [-0.2, -0.15) is 0 Å². The van der Waals surface area contributed by atoms with Gasteiger partial charge in [0.1, 0.15) is 6.04 Å². The van der Waals surface area contributed by atoms with E-state index in [1.807, 2.05) is 0 Å². The van der Waals surface area contributed by atoms with Crippen molar-refractivity contribution in [3.05, 3.63) is 22.6 Å². The third kappa shape index (κ3) is 2.75. The molecule has 1 aliphatic heterocycles. The Hall–Kier alpha value is -1.30. The Labute approximate surface area is 114 Å². The van der Waals surface area contributed by atoms with Crippen molar-refractivity contribution in [3.8, 4) is 0 Å². The van der Waals surface area contributed by atoms with E-state index in [1.54, 1.807) is 17.9 Å². The molecular weight excluding hydrogens is 300 g/mol. The number of hydrogen-bond acceptors (Lipinski definition) is 3. The molecule has 1 aromatic rings. The normalized spacial score (nSPS) is 16.7. The molecule has 1 atom stereocenters. The van der Waals surface area contributed by atoms with E-state index in [9.17, 15) is 9.59 Å². The first-order chi connectivity index (χ1) is 8.59. The summed E-state index contributed by atoms with van der Waals surface area (Å²) in [7, 11) is 0. The highest BCUT2D eigenvalue weighted by Crippen LogP contribution is 2.17. The number of halogens is 1. The number of nitrogens with one attached hydrogen (secondary N) is 1. The van der Waals surface area contributed by atoms with Gasteiger partial charge in [0.25, 0.3) is 5.91 Å². The minimum atomic E-state index is -0.516. The number of rotatable bonds is 3. The largest absolute Gasteiger partial charge is 0.457 e. The number of carbonyl (C=O) groups is 2. The van der Waals surface area contributed by atoms with E-state index in [0.717, 1.165) is 25.9 Å². The first kappa shape index (κ1) is 13.1. The summed E-state index contributed by atoms with van der Waals surface area (Å²) in [4.78, 5) is 25.7. The Morgan fingerprint density at radius 2 is 2.11 bits per heavy atom. The summed E-state index contributed by atoms with van der Waals surface area (Å²) in [6.07, 6.45) is 3.51. The molecule has 5 nitrogen and oxygen atoms in total. The number of carbonyl (C=O) groups excluding carboxylic acids is 2. The Bertz CT molecular complexity index is 452. The first-order valence-corrected chi connectivity index (χ1v) is 6.71. The van der Waals surface area contributed by atoms with Crippen molar-refractivity contribution < 1.29 is 14.0 Å². The second kappa shape index (κ2) is 5.56. The van der Waals surface area contributed by atoms with Crippen LogP contribution in [-0.4, -0.2) is 35.8 Å². The molecule has 1 saturated heterocycles. The van der Waals surface area contributed by atoms with Gasteiger partial charge in [0, 0.05) is 13.1 Å². The van der Waals surface area contributed by atoms with Crippen molar-refractivity contribution in [2.24, 2.45) is 0 Å². The van der Waals surface area contributed by atoms with Crippen LogP contribution in [0.25, 0.3) is 0 Å². The van der Waals surface area contributed by atoms with Crippen molar-refractivity contribution >= 4 is 27.7 Å². The Morgan fingerprint density at radius 1 is 1.44 bits per heavy atom. The molecule has 1 fully saturated rings. The van der Waals surface area contributed by atoms with Crippen molar-refractivity contribution in [3.63, 3.8) is 0 Å². The molecular formula is C12H15BrN2O3. The van der Waals surface area contributed by atoms with E-state index in [1.165, 1.54) is 6.26 Å². The summed E-state index contributed by atoms with van der Waals surface area (Å²) >= 11 is 3.14. The van der Waals surface area contributed by atoms with E-state index < -0.39 is 6.04 Å². The van der Waals surface area contributed by atoms with Gasteiger partial charge in [-0.1, -0.05) is 0 Å². The fraction of sp³-hybridized carbons (Fsp3) is 0.500. The second-order valence-electron chi connectivity index (χ2n) is 4.34. The maximum atomic E-state index is 12.0. The van der Waals surface area contributed by atoms with Crippen molar-refractivity contribution in [2.75, 3.05) is 13.1 Å². The summed E-state index contributed by atoms with van der Waals surface area (Å²) < 4.78 is 5.36. The molecule has 2 amide bonds. The van der Waals surface area contributed by atoms with Gasteiger partial charge in [-0.25, -0.2) is 0 Å². The Balaban J connectivity index is 1.94. The van der Waals surface area contributed by atoms with Crippen LogP contribution >= 0.6 is 15.9 Å². The molecule has 1 aromatic heterocycles. The quantitative estimate of drug-likeness (QED) is 0.925. The molecule has 0 spiro atoms. The summed E-state index contributed by atoms with van der Waals surface area (Å²) in [5.74, 6) is -0.337. The van der Waals surface area contributed by atoms with Gasteiger partial charge in [0.05, 0.1) is 11.8 Å². The Kier molecular flexibility index (Phi) is 4.06. The highest BCUT2D eigenvalue weighted by atomic mass is 79.9. The highest BCUT2D eigenvalue weighted by molar-refractivity contribution is 9.10. The predicted octanol–water partition coefficient (Wildman–Crippen LogP) is 1.78. The highest BCUT2D eigenvalue weighted by Gasteiger charge is 2.25. The monoisotopic (exact) mass is 314 g/mol. The minimum Gasteiger partial charge on any atom is -0.457 e. The minimum absolute atomic E-state index is 0.0273. The summed E-state index contributed by atoms with van der Waals surface area (Å²) in [6, 6.07) is 1.05. The number of likely N-dealkylation sites (tertiary alicyclic amines) is 1. The van der Waals surface area contributed by atoms with Crippen LogP contribution in [0.15, 0.2) is 21.4 Å². The predicted molar refractivity (Wildman–Crippen MR) is 69.2 cm³/mol. The van der Waals surface area contributed by atoms with Crippen LogP contribution in [0, 0.1) is 0 Å². The molecule has 0 aliphatic carbocycles. The summed E-state index contributed by atoms with van der Waals surface area (Å²) in [6.45, 7) is 3.27. The lowest BCUT2D eigenvalue weighted by Crippen LogP contribution is -2.45. The van der Waals surface area contributed by atoms with Gasteiger partial charge >= 0.3 is 0 Å². The van der Waals surface area contributed by atoms with Crippen molar-refractivity contribution in [1.29, 1.82) is 0 Å². The number of nitrogens with zero attached hydrogens (tertiary/aromatic N) is 1. The number of furan rings is 1. The van der Waals surface area contributed by atoms with E-state index >= 15 is 0 Å². The topological polar surface area (TPSA) is 62.6 Å². The number of amides is 2. The molecule has 0 saturated carbocycles. The summed E-state index contributed by atoms with van der Waals surface area (Å²) in [5.41, 5.74) is 0.399. The third-order valence-corrected chi connectivity index (χ3v) is 3.61. The molecule has 0 radical (unpaired) electrons. The smallest absolute Gasteiger partial charge is 0.256 e. The van der Waals surface area contributed by atoms with Gasteiger partial charge in [-0.3, -0.25) is 9.59 Å². The fourth-order valence-corrected chi connectivity index (χ4v) is 2.42. The van der Waals surface area contributed by atoms with Crippen LogP contribution in [0.3, 0.4) is 0 Å². The van der Waals surface area contributed by atoms with E-state index in [-0.39, 0.29) is 11.8 Å². The zero-order chi connectivity index (χ0) is 13.1. The molecule has 1 unspecified atom stereocenters. The first-order valence-electron chi connectivity index (χ1n) is 5.92. The SMILES string of the molecule is CC(NC(=O)c1ccoc1Br)C(=O)N1CCCC1. The molecule has 1 N–H and O–H groups in total. The van der Waals surface area contributed by atoms with E-state index in [0.29, 0.717) is 10.2 Å². The van der Waals surface area contributed by atoms with Crippen LogP contribution in [0.4, 0.5) is 0 Å². The van der Waals surface area contributed by atoms with Gasteiger partial charge in [-0.05, 0) is 41.8 Å². The number of hydrogen-bond donors (Lipinski definition) is 1. The lowest BCUT2D eigenvalue weighted by atomic mass is 10.2. The van der Waals surface area contributed by atoms with Crippen LogP contribution in [0.2, 0.25) is 0 Å². The Morgan fingerprint density at radius 3 is 2.67 bits per heavy atom. The molecule has 2 rings (SSSR count). The van der Waals surface area contributed by atoms with E-state index in [4.69, 9.17) is 4.42 Å². The fourth-order valence-electron chi connectivity index (χ4n) is 2.00. The standard InChI is InChI=1S/C12H15BrN2O3/c1-8(12(17)15-5-2-3-6-15)14-11(16)9-4-7-18-10(9)13/h4,7-8H,2-3,5-6H2,1H3,(H,14,16). The second-order valence-corrected chi connectivity index (χ2v) is 5.06. The lowest BCUT2D eigenvalue weighted by molar-refractivity contribution is -0.131. The molecule has 98 valence electrons. The average molecular weight is 315 g/mol. The molecule has 0 aromatic carbocycles. The van der Waals surface area contributed by atoms with Crippen molar-refractivity contribution in [1.82, 2.24) is 10.2 Å². The van der Waals surface area contributed by atoms with Gasteiger partial charge in [-0.15, -0.1) is 0 Å². The van der Waals surface area contributed by atoms with Gasteiger partial charge < -0.3 is 14.6 Å². The van der Waals surface area contributed by atoms with Crippen LogP contribution < -0.4 is 5.32 Å². The zero-order valence-electron chi connectivity index (χ0n) is 10.1. The van der Waals surface area contributed by atoms with Crippen LogP contribution in [0.1, 0.15) is 30.1 Å².